The number of para-hydroxylation sites is 2. The summed E-state index contributed by atoms with van der Waals surface area (Å²) in [7, 11) is 0. The molecule has 0 N–H and O–H groups in total. The zero-order chi connectivity index (χ0) is 13.2. The first-order valence-corrected chi connectivity index (χ1v) is 6.27. The lowest BCUT2D eigenvalue weighted by molar-refractivity contribution is 0.416. The molecular weight excluding hydrogens is 240 g/mol. The normalized spacial score (nSPS) is 11.3. The van der Waals surface area contributed by atoms with Crippen molar-refractivity contribution in [3.63, 3.8) is 0 Å². The molecule has 2 aromatic heterocycles. The molecular formula is C14H14N4O. The highest BCUT2D eigenvalue weighted by Gasteiger charge is 2.12. The Hall–Kier alpha value is -2.30. The third-order valence-corrected chi connectivity index (χ3v) is 2.73. The summed E-state index contributed by atoms with van der Waals surface area (Å²) in [5.74, 6) is 1.63. The van der Waals surface area contributed by atoms with Gasteiger partial charge in [0.15, 0.2) is 5.82 Å². The molecule has 3 aromatic rings. The van der Waals surface area contributed by atoms with Crippen LogP contribution in [0, 0.1) is 5.92 Å². The minimum absolute atomic E-state index is 0.425. The van der Waals surface area contributed by atoms with Crippen LogP contribution in [-0.2, 0) is 6.42 Å². The van der Waals surface area contributed by atoms with Crippen molar-refractivity contribution in [1.29, 1.82) is 0 Å². The minimum atomic E-state index is 0.425. The van der Waals surface area contributed by atoms with Crippen LogP contribution < -0.4 is 0 Å². The quantitative estimate of drug-likeness (QED) is 0.719. The van der Waals surface area contributed by atoms with Gasteiger partial charge < -0.3 is 4.52 Å². The molecule has 96 valence electrons. The SMILES string of the molecule is CC(C)Cc1noc(-c2cnc3ccccc3n2)n1. The molecule has 3 rings (SSSR count). The minimum Gasteiger partial charge on any atom is -0.332 e. The summed E-state index contributed by atoms with van der Waals surface area (Å²) in [4.78, 5) is 13.2. The van der Waals surface area contributed by atoms with Crippen LogP contribution >= 0.6 is 0 Å². The van der Waals surface area contributed by atoms with Crippen LogP contribution in [0.1, 0.15) is 19.7 Å². The largest absolute Gasteiger partial charge is 0.332 e. The van der Waals surface area contributed by atoms with Gasteiger partial charge in [0.25, 0.3) is 5.89 Å². The number of fused-ring (bicyclic) bond motifs is 1. The van der Waals surface area contributed by atoms with Gasteiger partial charge in [-0.15, -0.1) is 0 Å². The Morgan fingerprint density at radius 2 is 1.89 bits per heavy atom. The molecule has 0 radical (unpaired) electrons. The smallest absolute Gasteiger partial charge is 0.278 e. The second-order valence-corrected chi connectivity index (χ2v) is 4.86. The van der Waals surface area contributed by atoms with Gasteiger partial charge in [0.05, 0.1) is 17.2 Å². The molecule has 0 unspecified atom stereocenters. The van der Waals surface area contributed by atoms with Crippen molar-refractivity contribution in [2.24, 2.45) is 5.92 Å². The van der Waals surface area contributed by atoms with E-state index in [0.717, 1.165) is 17.5 Å². The van der Waals surface area contributed by atoms with Gasteiger partial charge in [-0.25, -0.2) is 4.98 Å². The number of hydrogen-bond donors (Lipinski definition) is 0. The standard InChI is InChI=1S/C14H14N4O/c1-9(2)7-13-17-14(19-18-13)12-8-15-10-5-3-4-6-11(10)16-12/h3-6,8-9H,7H2,1-2H3. The summed E-state index contributed by atoms with van der Waals surface area (Å²) in [5, 5.41) is 3.96. The van der Waals surface area contributed by atoms with Crippen LogP contribution in [0.25, 0.3) is 22.6 Å². The average molecular weight is 254 g/mol. The van der Waals surface area contributed by atoms with Crippen molar-refractivity contribution in [2.45, 2.75) is 20.3 Å². The number of rotatable bonds is 3. The van der Waals surface area contributed by atoms with E-state index in [0.29, 0.717) is 23.3 Å². The molecule has 5 heteroatoms. The van der Waals surface area contributed by atoms with Crippen molar-refractivity contribution in [3.8, 4) is 11.6 Å². The van der Waals surface area contributed by atoms with E-state index in [1.54, 1.807) is 6.20 Å². The van der Waals surface area contributed by atoms with Crippen molar-refractivity contribution >= 4 is 11.0 Å². The Morgan fingerprint density at radius 3 is 2.68 bits per heavy atom. The Kier molecular flexibility index (Phi) is 2.95. The molecule has 0 aliphatic heterocycles. The zero-order valence-electron chi connectivity index (χ0n) is 10.9. The molecule has 5 nitrogen and oxygen atoms in total. The lowest BCUT2D eigenvalue weighted by atomic mass is 10.1. The molecule has 0 atom stereocenters. The second kappa shape index (κ2) is 4.76. The Labute approximate surface area is 110 Å². The number of hydrogen-bond acceptors (Lipinski definition) is 5. The first-order valence-electron chi connectivity index (χ1n) is 6.27. The fraction of sp³-hybridized carbons (Fsp3) is 0.286. The Morgan fingerprint density at radius 1 is 1.11 bits per heavy atom. The van der Waals surface area contributed by atoms with E-state index in [2.05, 4.69) is 34.0 Å². The molecule has 0 saturated heterocycles. The van der Waals surface area contributed by atoms with Gasteiger partial charge >= 0.3 is 0 Å². The molecule has 0 saturated carbocycles. The first-order chi connectivity index (χ1) is 9.22. The summed E-state index contributed by atoms with van der Waals surface area (Å²) < 4.78 is 5.24. The molecule has 0 spiro atoms. The molecule has 0 aliphatic rings. The van der Waals surface area contributed by atoms with Gasteiger partial charge in [0, 0.05) is 6.42 Å². The summed E-state index contributed by atoms with van der Waals surface area (Å²) in [6, 6.07) is 7.70. The number of benzene rings is 1. The third-order valence-electron chi connectivity index (χ3n) is 2.73. The molecule has 0 fully saturated rings. The van der Waals surface area contributed by atoms with E-state index in [-0.39, 0.29) is 0 Å². The summed E-state index contributed by atoms with van der Waals surface area (Å²) in [6.45, 7) is 4.23. The van der Waals surface area contributed by atoms with Gasteiger partial charge in [0.1, 0.15) is 5.69 Å². The summed E-state index contributed by atoms with van der Waals surface area (Å²) >= 11 is 0. The highest BCUT2D eigenvalue weighted by atomic mass is 16.5. The van der Waals surface area contributed by atoms with Crippen LogP contribution in [0.3, 0.4) is 0 Å². The maximum atomic E-state index is 5.24. The first kappa shape index (κ1) is 11.8. The van der Waals surface area contributed by atoms with Crippen LogP contribution in [0.15, 0.2) is 35.0 Å². The number of nitrogens with zero attached hydrogens (tertiary/aromatic N) is 4. The van der Waals surface area contributed by atoms with E-state index in [1.165, 1.54) is 0 Å². The topological polar surface area (TPSA) is 64.7 Å². The summed E-state index contributed by atoms with van der Waals surface area (Å²) in [5.41, 5.74) is 2.29. The van der Waals surface area contributed by atoms with E-state index >= 15 is 0 Å². The molecule has 1 aromatic carbocycles. The maximum absolute atomic E-state index is 5.24. The average Bonchev–Trinajstić information content (AvgIpc) is 2.86. The Balaban J connectivity index is 1.97. The predicted molar refractivity (Wildman–Crippen MR) is 71.4 cm³/mol. The van der Waals surface area contributed by atoms with Crippen LogP contribution in [-0.4, -0.2) is 20.1 Å². The van der Waals surface area contributed by atoms with Crippen LogP contribution in [0.5, 0.6) is 0 Å². The van der Waals surface area contributed by atoms with E-state index in [1.807, 2.05) is 24.3 Å². The molecule has 0 bridgehead atoms. The van der Waals surface area contributed by atoms with E-state index in [9.17, 15) is 0 Å². The highest BCUT2D eigenvalue weighted by molar-refractivity contribution is 5.75. The lowest BCUT2D eigenvalue weighted by Gasteiger charge is -1.97. The van der Waals surface area contributed by atoms with Gasteiger partial charge in [0.2, 0.25) is 0 Å². The second-order valence-electron chi connectivity index (χ2n) is 4.86. The number of aromatic nitrogens is 4. The Bertz CT molecular complexity index is 705. The van der Waals surface area contributed by atoms with E-state index in [4.69, 9.17) is 4.52 Å². The van der Waals surface area contributed by atoms with Crippen molar-refractivity contribution < 1.29 is 4.52 Å². The monoisotopic (exact) mass is 254 g/mol. The van der Waals surface area contributed by atoms with Gasteiger partial charge in [-0.3, -0.25) is 4.98 Å². The third kappa shape index (κ3) is 2.45. The summed E-state index contributed by atoms with van der Waals surface area (Å²) in [6.07, 6.45) is 2.46. The van der Waals surface area contributed by atoms with E-state index < -0.39 is 0 Å². The fourth-order valence-corrected chi connectivity index (χ4v) is 1.87. The van der Waals surface area contributed by atoms with Gasteiger partial charge in [-0.1, -0.05) is 31.1 Å². The molecule has 19 heavy (non-hydrogen) atoms. The van der Waals surface area contributed by atoms with Crippen molar-refractivity contribution in [3.05, 3.63) is 36.3 Å². The maximum Gasteiger partial charge on any atom is 0.278 e. The molecule has 0 amide bonds. The van der Waals surface area contributed by atoms with Crippen LogP contribution in [0.4, 0.5) is 0 Å². The highest BCUT2D eigenvalue weighted by Crippen LogP contribution is 2.18. The van der Waals surface area contributed by atoms with Crippen molar-refractivity contribution in [2.75, 3.05) is 0 Å². The van der Waals surface area contributed by atoms with Crippen molar-refractivity contribution in [1.82, 2.24) is 20.1 Å². The molecule has 0 aliphatic carbocycles. The predicted octanol–water partition coefficient (Wildman–Crippen LogP) is 2.88. The van der Waals surface area contributed by atoms with Gasteiger partial charge in [-0.05, 0) is 18.1 Å². The van der Waals surface area contributed by atoms with Crippen LogP contribution in [0.2, 0.25) is 0 Å². The molecule has 2 heterocycles. The lowest BCUT2D eigenvalue weighted by Crippen LogP contribution is -1.96. The zero-order valence-corrected chi connectivity index (χ0v) is 10.9. The van der Waals surface area contributed by atoms with Gasteiger partial charge in [-0.2, -0.15) is 4.98 Å². The fourth-order valence-electron chi connectivity index (χ4n) is 1.87.